The van der Waals surface area contributed by atoms with Crippen LogP contribution >= 0.6 is 11.3 Å². The van der Waals surface area contributed by atoms with E-state index in [9.17, 15) is 4.79 Å². The van der Waals surface area contributed by atoms with Crippen LogP contribution in [0.4, 0.5) is 0 Å². The lowest BCUT2D eigenvalue weighted by molar-refractivity contribution is 0.100. The minimum absolute atomic E-state index is 0.0804. The number of benzene rings is 2. The summed E-state index contributed by atoms with van der Waals surface area (Å²) in [4.78, 5) is 13.8. The van der Waals surface area contributed by atoms with E-state index in [1.807, 2.05) is 72.8 Å². The normalized spacial score (nSPS) is 10.1. The Morgan fingerprint density at radius 3 is 2.14 bits per heavy atom. The van der Waals surface area contributed by atoms with Gasteiger partial charge in [-0.25, -0.2) is 0 Å². The van der Waals surface area contributed by atoms with Crippen molar-refractivity contribution in [3.63, 3.8) is 0 Å². The number of thiophene rings is 1. The first-order chi connectivity index (χ1) is 10.8. The summed E-state index contributed by atoms with van der Waals surface area (Å²) in [7, 11) is 0. The number of Topliss-reactive ketones (excluding diaryl/α,β-unsaturated/α-hetero) is 1. The third-order valence-electron chi connectivity index (χ3n) is 3.37. The second-order valence-corrected chi connectivity index (χ2v) is 5.90. The first kappa shape index (κ1) is 14.2. The summed E-state index contributed by atoms with van der Waals surface area (Å²) < 4.78 is 0. The molecule has 0 N–H and O–H groups in total. The Morgan fingerprint density at radius 2 is 1.55 bits per heavy atom. The van der Waals surface area contributed by atoms with Crippen LogP contribution in [-0.4, -0.2) is 5.78 Å². The summed E-state index contributed by atoms with van der Waals surface area (Å²) in [5, 5.41) is 8.74. The van der Waals surface area contributed by atoms with Gasteiger partial charge < -0.3 is 0 Å². The number of carbonyl (C=O) groups excluding carboxylic acids is 1. The molecule has 3 aromatic rings. The van der Waals surface area contributed by atoms with E-state index in [0.29, 0.717) is 4.88 Å². The van der Waals surface area contributed by atoms with E-state index < -0.39 is 0 Å². The molecule has 0 atom stereocenters. The van der Waals surface area contributed by atoms with Crippen LogP contribution < -0.4 is 0 Å². The Bertz CT molecular complexity index is 772. The average Bonchev–Trinajstić information content (AvgIpc) is 3.02. The molecular weight excluding hydrogens is 290 g/mol. The lowest BCUT2D eigenvalue weighted by Gasteiger charge is -2.03. The Labute approximate surface area is 133 Å². The number of nitrogens with zero attached hydrogens (tertiary/aromatic N) is 1. The third-order valence-corrected chi connectivity index (χ3v) is 4.59. The van der Waals surface area contributed by atoms with Gasteiger partial charge in [0.25, 0.3) is 0 Å². The van der Waals surface area contributed by atoms with Gasteiger partial charge in [-0.1, -0.05) is 60.7 Å². The number of ketones is 1. The fourth-order valence-corrected chi connectivity index (χ4v) is 3.45. The van der Waals surface area contributed by atoms with Gasteiger partial charge in [0.05, 0.1) is 17.4 Å². The van der Waals surface area contributed by atoms with Gasteiger partial charge in [0.15, 0.2) is 5.78 Å². The Hall–Kier alpha value is -2.70. The van der Waals surface area contributed by atoms with Crippen molar-refractivity contribution >= 4 is 17.1 Å². The average molecular weight is 303 g/mol. The predicted octanol–water partition coefficient (Wildman–Crippen LogP) is 5.18. The second kappa shape index (κ2) is 6.38. The molecule has 1 heterocycles. The minimum atomic E-state index is -0.119. The molecule has 0 aliphatic heterocycles. The molecule has 2 aromatic carbocycles. The Morgan fingerprint density at radius 1 is 0.955 bits per heavy atom. The Balaban J connectivity index is 2.15. The minimum Gasteiger partial charge on any atom is -0.292 e. The summed E-state index contributed by atoms with van der Waals surface area (Å²) in [6.45, 7) is 0. The molecule has 0 bridgehead atoms. The van der Waals surface area contributed by atoms with Crippen LogP contribution in [0.3, 0.4) is 0 Å². The third kappa shape index (κ3) is 2.83. The van der Waals surface area contributed by atoms with E-state index in [-0.39, 0.29) is 12.2 Å². The number of hydrogen-bond donors (Lipinski definition) is 0. The molecule has 2 nitrogen and oxygen atoms in total. The molecule has 0 saturated heterocycles. The van der Waals surface area contributed by atoms with Crippen molar-refractivity contribution in [1.29, 1.82) is 5.26 Å². The largest absolute Gasteiger partial charge is 0.292 e. The number of hydrogen-bond acceptors (Lipinski definition) is 3. The van der Waals surface area contributed by atoms with Gasteiger partial charge in [-0.15, -0.1) is 11.3 Å². The predicted molar refractivity (Wildman–Crippen MR) is 89.8 cm³/mol. The zero-order valence-electron chi connectivity index (χ0n) is 11.8. The van der Waals surface area contributed by atoms with Gasteiger partial charge in [0.1, 0.15) is 0 Å². The Kier molecular flexibility index (Phi) is 4.13. The molecule has 0 radical (unpaired) electrons. The van der Waals surface area contributed by atoms with Crippen molar-refractivity contribution in [2.24, 2.45) is 0 Å². The highest BCUT2D eigenvalue weighted by atomic mass is 32.1. The van der Waals surface area contributed by atoms with Gasteiger partial charge in [0.2, 0.25) is 0 Å². The van der Waals surface area contributed by atoms with E-state index >= 15 is 0 Å². The van der Waals surface area contributed by atoms with Crippen LogP contribution in [0.25, 0.3) is 21.6 Å². The van der Waals surface area contributed by atoms with Gasteiger partial charge in [-0.05, 0) is 17.2 Å². The fourth-order valence-electron chi connectivity index (χ4n) is 2.32. The molecule has 106 valence electrons. The number of rotatable bonds is 4. The molecule has 22 heavy (non-hydrogen) atoms. The summed E-state index contributed by atoms with van der Waals surface area (Å²) in [6, 6.07) is 23.9. The number of carbonyl (C=O) groups is 1. The van der Waals surface area contributed by atoms with Crippen molar-refractivity contribution < 1.29 is 4.79 Å². The molecule has 1 aromatic heterocycles. The summed E-state index contributed by atoms with van der Waals surface area (Å²) in [5.74, 6) is -0.119. The SMILES string of the molecule is N#CCC(=O)c1cc(-c2ccccc2)c(-c2ccccc2)s1. The van der Waals surface area contributed by atoms with Gasteiger partial charge in [-0.2, -0.15) is 5.26 Å². The smallest absolute Gasteiger partial charge is 0.186 e. The molecule has 0 amide bonds. The molecule has 0 unspecified atom stereocenters. The van der Waals surface area contributed by atoms with Crippen LogP contribution in [0.2, 0.25) is 0 Å². The summed E-state index contributed by atoms with van der Waals surface area (Å²) in [6.07, 6.45) is -0.0804. The fraction of sp³-hybridized carbons (Fsp3) is 0.0526. The van der Waals surface area contributed by atoms with Crippen molar-refractivity contribution in [1.82, 2.24) is 0 Å². The molecule has 3 heteroatoms. The van der Waals surface area contributed by atoms with Crippen LogP contribution in [0, 0.1) is 11.3 Å². The first-order valence-corrected chi connectivity index (χ1v) is 7.76. The monoisotopic (exact) mass is 303 g/mol. The quantitative estimate of drug-likeness (QED) is 0.623. The molecular formula is C19H13NOS. The molecule has 0 saturated carbocycles. The summed E-state index contributed by atoms with van der Waals surface area (Å²) in [5.41, 5.74) is 3.20. The molecule has 0 fully saturated rings. The maximum Gasteiger partial charge on any atom is 0.186 e. The van der Waals surface area contributed by atoms with Crippen molar-refractivity contribution in [2.75, 3.05) is 0 Å². The van der Waals surface area contributed by atoms with Gasteiger partial charge in [-0.3, -0.25) is 4.79 Å². The highest BCUT2D eigenvalue weighted by Crippen LogP contribution is 2.39. The zero-order chi connectivity index (χ0) is 15.4. The topological polar surface area (TPSA) is 40.9 Å². The highest BCUT2D eigenvalue weighted by molar-refractivity contribution is 7.18. The zero-order valence-corrected chi connectivity index (χ0v) is 12.6. The van der Waals surface area contributed by atoms with Gasteiger partial charge in [0, 0.05) is 10.4 Å². The summed E-state index contributed by atoms with van der Waals surface area (Å²) >= 11 is 1.45. The first-order valence-electron chi connectivity index (χ1n) is 6.94. The highest BCUT2D eigenvalue weighted by Gasteiger charge is 2.16. The van der Waals surface area contributed by atoms with E-state index in [2.05, 4.69) is 0 Å². The van der Waals surface area contributed by atoms with Crippen molar-refractivity contribution in [3.8, 4) is 27.6 Å². The van der Waals surface area contributed by atoms with Crippen molar-refractivity contribution in [3.05, 3.63) is 71.6 Å². The lowest BCUT2D eigenvalue weighted by atomic mass is 10.0. The molecule has 0 spiro atoms. The van der Waals surface area contributed by atoms with E-state index in [1.54, 1.807) is 0 Å². The van der Waals surface area contributed by atoms with E-state index in [4.69, 9.17) is 5.26 Å². The van der Waals surface area contributed by atoms with Crippen LogP contribution in [0.1, 0.15) is 16.1 Å². The number of nitriles is 1. The molecule has 3 rings (SSSR count). The second-order valence-electron chi connectivity index (χ2n) is 4.84. The molecule has 0 aliphatic carbocycles. The maximum atomic E-state index is 12.1. The van der Waals surface area contributed by atoms with E-state index in [0.717, 1.165) is 21.6 Å². The van der Waals surface area contributed by atoms with E-state index in [1.165, 1.54) is 11.3 Å². The molecule has 0 aliphatic rings. The lowest BCUT2D eigenvalue weighted by Crippen LogP contribution is -1.92. The standard InChI is InChI=1S/C19H13NOS/c20-12-11-17(21)18-13-16(14-7-3-1-4-8-14)19(22-18)15-9-5-2-6-10-15/h1-10,13H,11H2. The van der Waals surface area contributed by atoms with Crippen molar-refractivity contribution in [2.45, 2.75) is 6.42 Å². The van der Waals surface area contributed by atoms with Crippen LogP contribution in [0.5, 0.6) is 0 Å². The van der Waals surface area contributed by atoms with Crippen LogP contribution in [0.15, 0.2) is 66.7 Å². The maximum absolute atomic E-state index is 12.1. The van der Waals surface area contributed by atoms with Gasteiger partial charge >= 0.3 is 0 Å². The van der Waals surface area contributed by atoms with Crippen LogP contribution in [-0.2, 0) is 0 Å².